The molecule has 0 amide bonds. The number of benzene rings is 4. The van der Waals surface area contributed by atoms with Gasteiger partial charge in [0, 0.05) is 55.7 Å². The second kappa shape index (κ2) is 21.1. The molecule has 2 fully saturated rings. The molecule has 4 aromatic heterocycles. The molecule has 0 spiro atoms. The number of rotatable bonds is 9. The van der Waals surface area contributed by atoms with Crippen molar-refractivity contribution in [3.8, 4) is 44.8 Å². The van der Waals surface area contributed by atoms with Gasteiger partial charge in [-0.3, -0.25) is 4.98 Å². The van der Waals surface area contributed by atoms with Gasteiger partial charge in [-0.25, -0.2) is 0 Å². The number of nitrogens with zero attached hydrogens (tertiary/aromatic N) is 3. The minimum atomic E-state index is -1.46. The van der Waals surface area contributed by atoms with Crippen LogP contribution in [-0.4, -0.2) is 13.1 Å². The summed E-state index contributed by atoms with van der Waals surface area (Å²) in [6.07, 6.45) is 17.8. The van der Waals surface area contributed by atoms with Crippen LogP contribution >= 0.6 is 11.3 Å². The number of hydrogen-bond donors (Lipinski definition) is 0. The molecule has 0 bridgehead atoms. The Kier molecular flexibility index (Phi) is 15.4. The number of fused-ring (bicyclic) bond motifs is 3. The average molecular weight is 1120 g/mol. The molecular formula is C63H71IrN3SSi-2. The van der Waals surface area contributed by atoms with E-state index < -0.39 is 8.07 Å². The molecule has 2 aliphatic rings. The predicted octanol–water partition coefficient (Wildman–Crippen LogP) is 16.1. The summed E-state index contributed by atoms with van der Waals surface area (Å²) >= 11 is 1.89. The first-order chi connectivity index (χ1) is 32.6. The maximum Gasteiger partial charge on any atom is 0.0709 e. The second-order valence-electron chi connectivity index (χ2n) is 21.4. The Hall–Kier alpha value is -5.10. The van der Waals surface area contributed by atoms with Crippen LogP contribution in [0.25, 0.3) is 64.9 Å². The maximum absolute atomic E-state index is 4.51. The summed E-state index contributed by atoms with van der Waals surface area (Å²) in [7, 11) is 7.26. The quantitative estimate of drug-likeness (QED) is 0.0801. The number of thiophene rings is 1. The normalized spacial score (nSPS) is 14.6. The first-order valence-electron chi connectivity index (χ1n) is 25.2. The van der Waals surface area contributed by atoms with Crippen molar-refractivity contribution in [2.75, 3.05) is 0 Å². The van der Waals surface area contributed by atoms with E-state index >= 15 is 0 Å². The smallest absolute Gasteiger partial charge is 0.0709 e. The minimum Gasteiger partial charge on any atom is -0.343 e. The predicted molar refractivity (Wildman–Crippen MR) is 294 cm³/mol. The average Bonchev–Trinajstić information content (AvgIpc) is 3.96. The molecule has 6 heteroatoms. The van der Waals surface area contributed by atoms with Crippen molar-refractivity contribution in [3.05, 3.63) is 183 Å². The number of hydrogen-bond acceptors (Lipinski definition) is 2. The summed E-state index contributed by atoms with van der Waals surface area (Å²) in [5.41, 5.74) is 18.3. The number of aromatic nitrogens is 3. The molecule has 359 valence electrons. The number of aryl methyl sites for hydroxylation is 2. The molecule has 0 atom stereocenters. The fourth-order valence-corrected chi connectivity index (χ4v) is 14.2. The van der Waals surface area contributed by atoms with E-state index in [1.165, 1.54) is 140 Å². The monoisotopic (exact) mass is 1120 g/mol. The van der Waals surface area contributed by atoms with Crippen LogP contribution in [0.3, 0.4) is 0 Å². The summed E-state index contributed by atoms with van der Waals surface area (Å²) in [4.78, 5) is 4.51. The van der Waals surface area contributed by atoms with Crippen LogP contribution in [0.4, 0.5) is 0 Å². The zero-order valence-corrected chi connectivity index (χ0v) is 46.4. The minimum absolute atomic E-state index is 0. The molecule has 4 heterocycles. The fraction of sp³-hybridized carbons (Fsp3) is 0.317. The van der Waals surface area contributed by atoms with Crippen LogP contribution < -0.4 is 14.3 Å². The third kappa shape index (κ3) is 11.0. The molecule has 3 nitrogen and oxygen atoms in total. The van der Waals surface area contributed by atoms with Crippen molar-refractivity contribution >= 4 is 44.8 Å². The SMILES string of the molecule is [CH2-]c1cc(-c2cc(C)nc(C)c2)ccc1-c1cc(CC2CCCC2)c([Si](C)(C)C)c[n+]1[CH2-].[CH2-]c1cc2sc3cc(-c4ccccc4)cc(C(C)C)c3c2cc1-c1cc(C2CCCCC2)cc[n+]1[CH2-].[Ir]. The molecule has 10 rings (SSSR count). The van der Waals surface area contributed by atoms with E-state index in [9.17, 15) is 0 Å². The van der Waals surface area contributed by atoms with Gasteiger partial charge in [0.05, 0.1) is 31.9 Å². The number of pyridine rings is 3. The molecule has 0 aliphatic heterocycles. The van der Waals surface area contributed by atoms with Gasteiger partial charge in [0.1, 0.15) is 0 Å². The van der Waals surface area contributed by atoms with Crippen molar-refractivity contribution in [2.24, 2.45) is 5.92 Å². The van der Waals surface area contributed by atoms with Gasteiger partial charge in [0.2, 0.25) is 0 Å². The molecular weight excluding hydrogens is 1050 g/mol. The molecule has 0 N–H and O–H groups in total. The van der Waals surface area contributed by atoms with Crippen molar-refractivity contribution in [3.63, 3.8) is 0 Å². The largest absolute Gasteiger partial charge is 0.343 e. The zero-order chi connectivity index (χ0) is 47.9. The van der Waals surface area contributed by atoms with Gasteiger partial charge < -0.3 is 9.13 Å². The maximum atomic E-state index is 4.51. The molecule has 8 aromatic rings. The second-order valence-corrected chi connectivity index (χ2v) is 27.5. The first kappa shape index (κ1) is 50.3. The Morgan fingerprint density at radius 1 is 0.652 bits per heavy atom. The molecule has 0 saturated heterocycles. The Labute approximate surface area is 432 Å². The summed E-state index contributed by atoms with van der Waals surface area (Å²) in [6, 6.07) is 38.2. The van der Waals surface area contributed by atoms with E-state index in [0.717, 1.165) is 34.1 Å². The summed E-state index contributed by atoms with van der Waals surface area (Å²) in [6.45, 7) is 25.0. The van der Waals surface area contributed by atoms with E-state index in [2.05, 4.69) is 187 Å². The topological polar surface area (TPSA) is 20.6 Å². The summed E-state index contributed by atoms with van der Waals surface area (Å²) < 4.78 is 6.76. The summed E-state index contributed by atoms with van der Waals surface area (Å²) in [5.74, 6) is 1.93. The van der Waals surface area contributed by atoms with Crippen molar-refractivity contribution in [1.82, 2.24) is 4.98 Å². The van der Waals surface area contributed by atoms with Gasteiger partial charge in [-0.1, -0.05) is 156 Å². The molecule has 0 unspecified atom stereocenters. The van der Waals surface area contributed by atoms with Gasteiger partial charge in [-0.2, -0.15) is 31.0 Å². The van der Waals surface area contributed by atoms with Gasteiger partial charge in [0.25, 0.3) is 0 Å². The van der Waals surface area contributed by atoms with Crippen LogP contribution in [0.5, 0.6) is 0 Å². The third-order valence-electron chi connectivity index (χ3n) is 14.8. The first-order valence-corrected chi connectivity index (χ1v) is 29.5. The fourth-order valence-electron chi connectivity index (χ4n) is 11.2. The van der Waals surface area contributed by atoms with Crippen LogP contribution in [0, 0.1) is 47.7 Å². The standard InChI is InChI=1S/C34H34NS.C29H37N2Si.Ir/c1-22(2)28-18-27(25-13-9-6-10-14-25)20-33-34(28)30-21-29(23(3)17-32(30)36-33)31-19-26(15-16-35(31)4)24-11-7-5-8-12-24;1-20-14-24(25-15-21(2)30-22(3)16-25)12-13-27(20)28-18-26(17-23-10-8-9-11-23)29(19-31(28)4)32(5,6)7;/h6,9-10,13-22,24H,3-5,7-8,11-12H2,1-2H3;12-16,18-19,23H,1,4,8-11,17H2,2-3,5-7H3;/q2*-1;. The van der Waals surface area contributed by atoms with Crippen LogP contribution in [0.1, 0.15) is 123 Å². The van der Waals surface area contributed by atoms with Crippen LogP contribution in [0.2, 0.25) is 19.6 Å². The molecule has 1 radical (unpaired) electrons. The van der Waals surface area contributed by atoms with E-state index in [4.69, 9.17) is 0 Å². The molecule has 69 heavy (non-hydrogen) atoms. The Bertz CT molecular complexity index is 3090. The van der Waals surface area contributed by atoms with Crippen LogP contribution in [0.15, 0.2) is 116 Å². The van der Waals surface area contributed by atoms with E-state index in [1.54, 1.807) is 5.19 Å². The van der Waals surface area contributed by atoms with Gasteiger partial charge >= 0.3 is 0 Å². The van der Waals surface area contributed by atoms with Gasteiger partial charge in [-0.05, 0) is 107 Å². The van der Waals surface area contributed by atoms with Gasteiger partial charge in [0.15, 0.2) is 0 Å². The zero-order valence-electron chi connectivity index (χ0n) is 42.2. The molecule has 2 aliphatic carbocycles. The summed E-state index contributed by atoms with van der Waals surface area (Å²) in [5, 5.41) is 4.28. The third-order valence-corrected chi connectivity index (χ3v) is 18.0. The van der Waals surface area contributed by atoms with E-state index in [-0.39, 0.29) is 20.1 Å². The van der Waals surface area contributed by atoms with E-state index in [0.29, 0.717) is 11.8 Å². The Morgan fingerprint density at radius 2 is 1.30 bits per heavy atom. The molecule has 2 saturated carbocycles. The Balaban J connectivity index is 0.000000185. The van der Waals surface area contributed by atoms with Gasteiger partial charge in [-0.15, -0.1) is 40.7 Å². The van der Waals surface area contributed by atoms with Crippen molar-refractivity contribution < 1.29 is 29.2 Å². The van der Waals surface area contributed by atoms with E-state index in [1.807, 2.05) is 29.8 Å². The molecule has 4 aromatic carbocycles. The Morgan fingerprint density at radius 3 is 1.97 bits per heavy atom. The van der Waals surface area contributed by atoms with Crippen LogP contribution in [-0.2, 0) is 26.5 Å². The van der Waals surface area contributed by atoms with Crippen molar-refractivity contribution in [2.45, 2.75) is 123 Å². The van der Waals surface area contributed by atoms with Crippen molar-refractivity contribution in [1.29, 1.82) is 0 Å².